The molecule has 2 N–H and O–H groups in total. The average molecular weight is 441 g/mol. The average Bonchev–Trinajstić information content (AvgIpc) is 2.81. The Labute approximate surface area is 186 Å². The van der Waals surface area contributed by atoms with Crippen molar-refractivity contribution in [1.82, 2.24) is 20.8 Å². The number of nitrogens with one attached hydrogen (secondary N) is 2. The first-order chi connectivity index (χ1) is 15.1. The van der Waals surface area contributed by atoms with Gasteiger partial charge in [0.25, 0.3) is 5.91 Å². The fourth-order valence-electron chi connectivity index (χ4n) is 3.95. The van der Waals surface area contributed by atoms with Gasteiger partial charge in [0.15, 0.2) is 11.5 Å². The molecule has 1 aromatic heterocycles. The first kappa shape index (κ1) is 21.3. The maximum atomic E-state index is 12.6. The van der Waals surface area contributed by atoms with Crippen molar-refractivity contribution in [2.75, 3.05) is 31.1 Å². The predicted octanol–water partition coefficient (Wildman–Crippen LogP) is 2.53. The van der Waals surface area contributed by atoms with Gasteiger partial charge in [-0.25, -0.2) is 0 Å². The maximum absolute atomic E-state index is 12.6. The molecule has 1 saturated carbocycles. The molecule has 0 unspecified atom stereocenters. The quantitative estimate of drug-likeness (QED) is 0.736. The van der Waals surface area contributed by atoms with Crippen molar-refractivity contribution < 1.29 is 9.53 Å². The van der Waals surface area contributed by atoms with E-state index in [9.17, 15) is 4.79 Å². The van der Waals surface area contributed by atoms with E-state index in [1.165, 1.54) is 0 Å². The van der Waals surface area contributed by atoms with Crippen LogP contribution in [-0.2, 0) is 0 Å². The van der Waals surface area contributed by atoms with Crippen LogP contribution in [0.15, 0.2) is 30.3 Å². The summed E-state index contributed by atoms with van der Waals surface area (Å²) in [5.74, 6) is 1.28. The van der Waals surface area contributed by atoms with Crippen molar-refractivity contribution in [1.29, 1.82) is 5.26 Å². The largest absolute Gasteiger partial charge is 0.490 e. The number of carbonyl (C=O) groups is 1. The van der Waals surface area contributed by atoms with Crippen LogP contribution in [0.5, 0.6) is 5.75 Å². The molecule has 0 bridgehead atoms. The molecule has 1 saturated heterocycles. The first-order valence-corrected chi connectivity index (χ1v) is 11.0. The molecule has 2 aromatic rings. The van der Waals surface area contributed by atoms with Crippen LogP contribution in [0.1, 0.15) is 41.7 Å². The molecule has 1 aromatic carbocycles. The molecular weight excluding hydrogens is 416 g/mol. The van der Waals surface area contributed by atoms with Crippen molar-refractivity contribution in [3.63, 3.8) is 0 Å². The van der Waals surface area contributed by atoms with Gasteiger partial charge in [0.05, 0.1) is 16.7 Å². The van der Waals surface area contributed by atoms with Gasteiger partial charge in [0.2, 0.25) is 0 Å². The van der Waals surface area contributed by atoms with Crippen molar-refractivity contribution in [2.45, 2.75) is 37.8 Å². The molecule has 8 nitrogen and oxygen atoms in total. The van der Waals surface area contributed by atoms with Crippen molar-refractivity contribution in [3.05, 3.63) is 46.6 Å². The summed E-state index contributed by atoms with van der Waals surface area (Å²) in [5.41, 5.74) is 0.772. The molecule has 31 heavy (non-hydrogen) atoms. The van der Waals surface area contributed by atoms with Crippen LogP contribution in [-0.4, -0.2) is 54.4 Å². The Morgan fingerprint density at radius 3 is 2.58 bits per heavy atom. The summed E-state index contributed by atoms with van der Waals surface area (Å²) in [5, 5.41) is 24.1. The van der Waals surface area contributed by atoms with E-state index >= 15 is 0 Å². The van der Waals surface area contributed by atoms with Crippen molar-refractivity contribution in [2.24, 2.45) is 0 Å². The van der Waals surface area contributed by atoms with Gasteiger partial charge in [0.1, 0.15) is 11.8 Å². The lowest BCUT2D eigenvalue weighted by Gasteiger charge is -2.29. The fourth-order valence-corrected chi connectivity index (χ4v) is 4.16. The third-order valence-corrected chi connectivity index (χ3v) is 6.01. The summed E-state index contributed by atoms with van der Waals surface area (Å²) in [6.45, 7) is 3.63. The molecule has 0 spiro atoms. The lowest BCUT2D eigenvalue weighted by molar-refractivity contribution is 0.0888. The van der Waals surface area contributed by atoms with Gasteiger partial charge in [-0.15, -0.1) is 10.2 Å². The number of hydrogen-bond acceptors (Lipinski definition) is 7. The minimum Gasteiger partial charge on any atom is -0.490 e. The van der Waals surface area contributed by atoms with Crippen LogP contribution in [0.25, 0.3) is 0 Å². The standard InChI is InChI=1S/C22H25ClN6O2/c23-19-13-18(4-1-15(19)14-24)31-17-5-2-16(3-6-17)26-22(30)20-7-8-21(28-27-20)29-11-9-25-10-12-29/h1,4,7-8,13,16-17,25H,2-3,5-6,9-12H2,(H,26,30)/t16-,17-. The van der Waals surface area contributed by atoms with Crippen molar-refractivity contribution in [3.8, 4) is 11.8 Å². The van der Waals surface area contributed by atoms with E-state index in [1.54, 1.807) is 24.3 Å². The predicted molar refractivity (Wildman–Crippen MR) is 117 cm³/mol. The van der Waals surface area contributed by atoms with E-state index in [-0.39, 0.29) is 18.1 Å². The highest BCUT2D eigenvalue weighted by Gasteiger charge is 2.25. The van der Waals surface area contributed by atoms with E-state index in [0.717, 1.165) is 57.7 Å². The number of amides is 1. The third kappa shape index (κ3) is 5.43. The molecular formula is C22H25ClN6O2. The summed E-state index contributed by atoms with van der Waals surface area (Å²) in [6.07, 6.45) is 3.38. The second-order valence-corrected chi connectivity index (χ2v) is 8.24. The topological polar surface area (TPSA) is 103 Å². The molecule has 1 aliphatic heterocycles. The summed E-state index contributed by atoms with van der Waals surface area (Å²) in [6, 6.07) is 10.8. The molecule has 4 rings (SSSR count). The minimum absolute atomic E-state index is 0.0651. The second-order valence-electron chi connectivity index (χ2n) is 7.83. The molecule has 0 radical (unpaired) electrons. The highest BCUT2D eigenvalue weighted by molar-refractivity contribution is 6.31. The number of hydrogen-bond donors (Lipinski definition) is 2. The van der Waals surface area contributed by atoms with Crippen LogP contribution in [0, 0.1) is 11.3 Å². The highest BCUT2D eigenvalue weighted by Crippen LogP contribution is 2.27. The van der Waals surface area contributed by atoms with Gasteiger partial charge in [-0.2, -0.15) is 5.26 Å². The number of rotatable bonds is 5. The Bertz CT molecular complexity index is 947. The van der Waals surface area contributed by atoms with Crippen LogP contribution >= 0.6 is 11.6 Å². The van der Waals surface area contributed by atoms with Gasteiger partial charge in [0, 0.05) is 38.3 Å². The SMILES string of the molecule is N#Cc1ccc(O[C@H]2CC[C@H](NC(=O)c3ccc(N4CCNCC4)nn3)CC2)cc1Cl. The van der Waals surface area contributed by atoms with E-state index in [2.05, 4.69) is 25.7 Å². The number of benzene rings is 1. The monoisotopic (exact) mass is 440 g/mol. The smallest absolute Gasteiger partial charge is 0.272 e. The molecule has 1 amide bonds. The molecule has 1 aliphatic carbocycles. The Kier molecular flexibility index (Phi) is 6.85. The Morgan fingerprint density at radius 2 is 1.94 bits per heavy atom. The van der Waals surface area contributed by atoms with E-state index in [0.29, 0.717) is 22.0 Å². The third-order valence-electron chi connectivity index (χ3n) is 5.70. The number of aromatic nitrogens is 2. The summed E-state index contributed by atoms with van der Waals surface area (Å²) >= 11 is 6.07. The number of ether oxygens (including phenoxy) is 1. The summed E-state index contributed by atoms with van der Waals surface area (Å²) < 4.78 is 6.01. The zero-order valence-corrected chi connectivity index (χ0v) is 17.9. The van der Waals surface area contributed by atoms with Gasteiger partial charge >= 0.3 is 0 Å². The number of piperazine rings is 1. The molecule has 2 fully saturated rings. The van der Waals surface area contributed by atoms with Gasteiger partial charge in [-0.05, 0) is 49.9 Å². The summed E-state index contributed by atoms with van der Waals surface area (Å²) in [7, 11) is 0. The first-order valence-electron chi connectivity index (χ1n) is 10.6. The Balaban J connectivity index is 1.25. The zero-order chi connectivity index (χ0) is 21.6. The van der Waals surface area contributed by atoms with Gasteiger partial charge in [-0.1, -0.05) is 11.6 Å². The van der Waals surface area contributed by atoms with E-state index < -0.39 is 0 Å². The van der Waals surface area contributed by atoms with Gasteiger partial charge in [-0.3, -0.25) is 4.79 Å². The van der Waals surface area contributed by atoms with E-state index in [1.807, 2.05) is 12.1 Å². The molecule has 2 aliphatic rings. The number of halogens is 1. The fraction of sp³-hybridized carbons (Fsp3) is 0.455. The number of anilines is 1. The minimum atomic E-state index is -0.192. The van der Waals surface area contributed by atoms with E-state index in [4.69, 9.17) is 21.6 Å². The Morgan fingerprint density at radius 1 is 1.16 bits per heavy atom. The normalized spacial score (nSPS) is 21.2. The van der Waals surface area contributed by atoms with Crippen LogP contribution < -0.4 is 20.3 Å². The van der Waals surface area contributed by atoms with Crippen LogP contribution in [0.4, 0.5) is 5.82 Å². The number of nitriles is 1. The van der Waals surface area contributed by atoms with Crippen molar-refractivity contribution >= 4 is 23.3 Å². The molecule has 0 atom stereocenters. The van der Waals surface area contributed by atoms with Crippen LogP contribution in [0.2, 0.25) is 5.02 Å². The zero-order valence-electron chi connectivity index (χ0n) is 17.2. The molecule has 9 heteroatoms. The number of nitrogens with zero attached hydrogens (tertiary/aromatic N) is 4. The molecule has 2 heterocycles. The highest BCUT2D eigenvalue weighted by atomic mass is 35.5. The summed E-state index contributed by atoms with van der Waals surface area (Å²) in [4.78, 5) is 14.7. The Hall–Kier alpha value is -2.89. The molecule has 162 valence electrons. The maximum Gasteiger partial charge on any atom is 0.272 e. The second kappa shape index (κ2) is 9.94. The lowest BCUT2D eigenvalue weighted by Crippen LogP contribution is -2.44. The van der Waals surface area contributed by atoms with Crippen LogP contribution in [0.3, 0.4) is 0 Å². The lowest BCUT2D eigenvalue weighted by atomic mass is 9.93. The van der Waals surface area contributed by atoms with Gasteiger partial charge < -0.3 is 20.3 Å². The number of carbonyl (C=O) groups excluding carboxylic acids is 1.